The van der Waals surface area contributed by atoms with Crippen LogP contribution in [0.5, 0.6) is 5.75 Å². The Hall–Kier alpha value is -3.20. The predicted molar refractivity (Wildman–Crippen MR) is 132 cm³/mol. The lowest BCUT2D eigenvalue weighted by Gasteiger charge is -2.05. The first-order chi connectivity index (χ1) is 15.4. The highest BCUT2D eigenvalue weighted by Crippen LogP contribution is 2.37. The van der Waals surface area contributed by atoms with Crippen LogP contribution >= 0.6 is 38.9 Å². The normalized spacial score (nSPS) is 11.1. The Kier molecular flexibility index (Phi) is 6.55. The van der Waals surface area contributed by atoms with Crippen LogP contribution in [-0.2, 0) is 0 Å². The Bertz CT molecular complexity index is 1340. The molecular formula is C23H15BrClN3O3S. The van der Waals surface area contributed by atoms with Gasteiger partial charge in [-0.1, -0.05) is 33.6 Å². The minimum absolute atomic E-state index is 0.154. The molecule has 160 valence electrons. The molecule has 4 rings (SSSR count). The average Bonchev–Trinajstić information content (AvgIpc) is 3.11. The fourth-order valence-electron chi connectivity index (χ4n) is 2.87. The van der Waals surface area contributed by atoms with E-state index in [9.17, 15) is 14.7 Å². The number of carbonyl (C=O) groups excluding carboxylic acids is 2. The highest BCUT2D eigenvalue weighted by molar-refractivity contribution is 9.10. The van der Waals surface area contributed by atoms with E-state index in [-0.39, 0.29) is 11.7 Å². The van der Waals surface area contributed by atoms with Gasteiger partial charge in [0.1, 0.15) is 10.6 Å². The number of hydrazone groups is 1. The maximum absolute atomic E-state index is 12.7. The molecular weight excluding hydrogens is 514 g/mol. The van der Waals surface area contributed by atoms with Crippen molar-refractivity contribution in [1.29, 1.82) is 0 Å². The monoisotopic (exact) mass is 527 g/mol. The largest absolute Gasteiger partial charge is 0.508 e. The first-order valence-corrected chi connectivity index (χ1v) is 11.3. The number of phenols is 1. The van der Waals surface area contributed by atoms with Crippen molar-refractivity contribution in [3.05, 3.63) is 92.2 Å². The van der Waals surface area contributed by atoms with Crippen LogP contribution in [0.15, 0.2) is 76.3 Å². The van der Waals surface area contributed by atoms with Gasteiger partial charge in [0.05, 0.1) is 11.2 Å². The number of thiophene rings is 1. The molecule has 3 aromatic carbocycles. The quantitative estimate of drug-likeness (QED) is 0.218. The zero-order valence-corrected chi connectivity index (χ0v) is 19.5. The molecule has 4 aromatic rings. The van der Waals surface area contributed by atoms with E-state index in [0.717, 1.165) is 20.1 Å². The number of amides is 2. The van der Waals surface area contributed by atoms with Crippen LogP contribution in [0, 0.1) is 0 Å². The van der Waals surface area contributed by atoms with Crippen LogP contribution in [0.4, 0.5) is 5.69 Å². The van der Waals surface area contributed by atoms with E-state index in [0.29, 0.717) is 21.2 Å². The minimum Gasteiger partial charge on any atom is -0.508 e. The second-order valence-electron chi connectivity index (χ2n) is 6.71. The standard InChI is InChI=1S/C23H15BrClN3O3S/c24-15-5-10-18-19(11-15)32-21(20(18)25)23(31)27-16-6-3-14(4-7-16)22(30)28-26-12-13-1-8-17(29)9-2-13/h1-12,29H,(H,27,31)(H,28,30)/b26-12-. The van der Waals surface area contributed by atoms with Crippen molar-refractivity contribution >= 4 is 72.7 Å². The molecule has 0 bridgehead atoms. The minimum atomic E-state index is -0.393. The van der Waals surface area contributed by atoms with Gasteiger partial charge in [-0.05, 0) is 66.2 Å². The summed E-state index contributed by atoms with van der Waals surface area (Å²) in [4.78, 5) is 25.4. The van der Waals surface area contributed by atoms with Crippen LogP contribution in [0.25, 0.3) is 10.1 Å². The summed E-state index contributed by atoms with van der Waals surface area (Å²) in [6, 6.07) is 18.5. The number of hydrogen-bond donors (Lipinski definition) is 3. The summed E-state index contributed by atoms with van der Waals surface area (Å²) >= 11 is 11.1. The zero-order chi connectivity index (χ0) is 22.7. The number of fused-ring (bicyclic) bond motifs is 1. The number of benzene rings is 3. The zero-order valence-electron chi connectivity index (χ0n) is 16.3. The summed E-state index contributed by atoms with van der Waals surface area (Å²) in [5, 5.41) is 17.2. The number of rotatable bonds is 5. The Balaban J connectivity index is 1.40. The summed E-state index contributed by atoms with van der Waals surface area (Å²) in [7, 11) is 0. The highest BCUT2D eigenvalue weighted by atomic mass is 79.9. The second-order valence-corrected chi connectivity index (χ2v) is 9.05. The van der Waals surface area contributed by atoms with Crippen molar-refractivity contribution in [1.82, 2.24) is 5.43 Å². The van der Waals surface area contributed by atoms with E-state index >= 15 is 0 Å². The van der Waals surface area contributed by atoms with Crippen LogP contribution in [-0.4, -0.2) is 23.1 Å². The molecule has 1 heterocycles. The van der Waals surface area contributed by atoms with Gasteiger partial charge in [0.25, 0.3) is 11.8 Å². The topological polar surface area (TPSA) is 90.8 Å². The van der Waals surface area contributed by atoms with Crippen LogP contribution < -0.4 is 10.7 Å². The van der Waals surface area contributed by atoms with E-state index in [1.807, 2.05) is 18.2 Å². The van der Waals surface area contributed by atoms with E-state index < -0.39 is 5.91 Å². The van der Waals surface area contributed by atoms with Crippen molar-refractivity contribution in [3.8, 4) is 5.75 Å². The predicted octanol–water partition coefficient (Wildman–Crippen LogP) is 6.04. The molecule has 0 spiro atoms. The molecule has 2 amide bonds. The van der Waals surface area contributed by atoms with Gasteiger partial charge in [-0.15, -0.1) is 11.3 Å². The first-order valence-electron chi connectivity index (χ1n) is 9.32. The number of nitrogens with zero attached hydrogens (tertiary/aromatic N) is 1. The second kappa shape index (κ2) is 9.52. The molecule has 0 fully saturated rings. The summed E-state index contributed by atoms with van der Waals surface area (Å²) in [6.45, 7) is 0. The molecule has 0 unspecified atom stereocenters. The van der Waals surface area contributed by atoms with Crippen molar-refractivity contribution in [2.24, 2.45) is 5.10 Å². The number of phenolic OH excluding ortho intramolecular Hbond substituents is 1. The van der Waals surface area contributed by atoms with Crippen LogP contribution in [0.1, 0.15) is 25.6 Å². The van der Waals surface area contributed by atoms with Crippen molar-refractivity contribution in [3.63, 3.8) is 0 Å². The number of nitrogens with one attached hydrogen (secondary N) is 2. The van der Waals surface area contributed by atoms with Gasteiger partial charge >= 0.3 is 0 Å². The van der Waals surface area contributed by atoms with E-state index in [4.69, 9.17) is 11.6 Å². The molecule has 32 heavy (non-hydrogen) atoms. The lowest BCUT2D eigenvalue weighted by Crippen LogP contribution is -2.17. The molecule has 3 N–H and O–H groups in total. The molecule has 0 aliphatic carbocycles. The lowest BCUT2D eigenvalue weighted by molar-refractivity contribution is 0.0954. The van der Waals surface area contributed by atoms with Gasteiger partial charge in [0, 0.05) is 25.8 Å². The Morgan fingerprint density at radius 2 is 1.72 bits per heavy atom. The smallest absolute Gasteiger partial charge is 0.271 e. The van der Waals surface area contributed by atoms with Gasteiger partial charge in [-0.3, -0.25) is 9.59 Å². The van der Waals surface area contributed by atoms with Gasteiger partial charge < -0.3 is 10.4 Å². The molecule has 0 atom stereocenters. The molecule has 0 aliphatic rings. The van der Waals surface area contributed by atoms with E-state index in [1.165, 1.54) is 29.7 Å². The fourth-order valence-corrected chi connectivity index (χ4v) is 4.83. The lowest BCUT2D eigenvalue weighted by atomic mass is 10.2. The summed E-state index contributed by atoms with van der Waals surface area (Å²) in [6.07, 6.45) is 1.47. The molecule has 1 aromatic heterocycles. The Labute approximate surface area is 200 Å². The molecule has 0 saturated heterocycles. The molecule has 0 radical (unpaired) electrons. The fraction of sp³-hybridized carbons (Fsp3) is 0. The maximum atomic E-state index is 12.7. The van der Waals surface area contributed by atoms with E-state index in [1.54, 1.807) is 36.4 Å². The van der Waals surface area contributed by atoms with Crippen molar-refractivity contribution in [2.45, 2.75) is 0 Å². The van der Waals surface area contributed by atoms with Crippen LogP contribution in [0.3, 0.4) is 0 Å². The number of carbonyl (C=O) groups is 2. The van der Waals surface area contributed by atoms with Gasteiger partial charge in [0.15, 0.2) is 0 Å². The molecule has 0 saturated carbocycles. The number of halogens is 2. The molecule has 9 heteroatoms. The SMILES string of the molecule is O=C(N/N=C\c1ccc(O)cc1)c1ccc(NC(=O)c2sc3cc(Br)ccc3c2Cl)cc1. The Morgan fingerprint density at radius 3 is 2.44 bits per heavy atom. The third-order valence-electron chi connectivity index (χ3n) is 4.48. The van der Waals surface area contributed by atoms with Crippen molar-refractivity contribution < 1.29 is 14.7 Å². The molecule has 0 aliphatic heterocycles. The highest BCUT2D eigenvalue weighted by Gasteiger charge is 2.17. The average molecular weight is 529 g/mol. The third-order valence-corrected chi connectivity index (χ3v) is 6.62. The summed E-state index contributed by atoms with van der Waals surface area (Å²) in [5.41, 5.74) is 4.09. The van der Waals surface area contributed by atoms with Gasteiger partial charge in [-0.2, -0.15) is 5.10 Å². The first kappa shape index (κ1) is 22.0. The number of aromatic hydroxyl groups is 1. The van der Waals surface area contributed by atoms with E-state index in [2.05, 4.69) is 31.8 Å². The van der Waals surface area contributed by atoms with Crippen molar-refractivity contribution in [2.75, 3.05) is 5.32 Å². The van der Waals surface area contributed by atoms with Crippen LogP contribution in [0.2, 0.25) is 5.02 Å². The molecule has 6 nitrogen and oxygen atoms in total. The summed E-state index contributed by atoms with van der Waals surface area (Å²) < 4.78 is 1.82. The maximum Gasteiger partial charge on any atom is 0.271 e. The third kappa shape index (κ3) is 4.99. The number of hydrogen-bond acceptors (Lipinski definition) is 5. The van der Waals surface area contributed by atoms with Gasteiger partial charge in [0.2, 0.25) is 0 Å². The van der Waals surface area contributed by atoms with Gasteiger partial charge in [-0.25, -0.2) is 5.43 Å². The number of anilines is 1. The summed E-state index contributed by atoms with van der Waals surface area (Å²) in [5.74, 6) is -0.555. The Morgan fingerprint density at radius 1 is 1.00 bits per heavy atom.